The van der Waals surface area contributed by atoms with Crippen LogP contribution in [0.4, 0.5) is 29.3 Å². The van der Waals surface area contributed by atoms with Crippen LogP contribution in [0.2, 0.25) is 0 Å². The number of amides is 2. The number of fused-ring (bicyclic) bond motifs is 3. The molecule has 0 saturated carbocycles. The maximum absolute atomic E-state index is 14.5. The Balaban J connectivity index is 1.55. The zero-order valence-electron chi connectivity index (χ0n) is 18.5. The summed E-state index contributed by atoms with van der Waals surface area (Å²) in [4.78, 5) is 16.8. The number of likely N-dealkylation sites (tertiary alicyclic amines) is 1. The smallest absolute Gasteiger partial charge is 0.322 e. The van der Waals surface area contributed by atoms with Crippen LogP contribution >= 0.6 is 0 Å². The van der Waals surface area contributed by atoms with Gasteiger partial charge in [0.25, 0.3) is 0 Å². The number of nitrogens with zero attached hydrogens (tertiary/aromatic N) is 2. The Morgan fingerprint density at radius 3 is 2.62 bits per heavy atom. The van der Waals surface area contributed by atoms with Crippen LogP contribution in [0.1, 0.15) is 18.0 Å². The molecule has 8 heteroatoms. The van der Waals surface area contributed by atoms with Crippen molar-refractivity contribution in [3.05, 3.63) is 83.7 Å². The zero-order valence-corrected chi connectivity index (χ0v) is 18.5. The van der Waals surface area contributed by atoms with Gasteiger partial charge >= 0.3 is 6.03 Å². The molecule has 1 saturated heterocycles. The van der Waals surface area contributed by atoms with Crippen LogP contribution in [0.15, 0.2) is 60.7 Å². The first-order valence-corrected chi connectivity index (χ1v) is 11.1. The molecule has 0 aromatic heterocycles. The number of hydrogen-bond acceptors (Lipinski definition) is 3. The second-order valence-electron chi connectivity index (χ2n) is 8.76. The highest BCUT2D eigenvalue weighted by Gasteiger charge is 2.47. The zero-order chi connectivity index (χ0) is 24.0. The highest BCUT2D eigenvalue weighted by molar-refractivity contribution is 5.90. The van der Waals surface area contributed by atoms with Crippen LogP contribution < -0.4 is 10.2 Å². The maximum atomic E-state index is 14.5. The molecule has 2 aliphatic heterocycles. The Bertz CT molecular complexity index is 1250. The summed E-state index contributed by atoms with van der Waals surface area (Å²) in [5.74, 6) is -1.82. The van der Waals surface area contributed by atoms with E-state index in [0.717, 1.165) is 29.4 Å². The summed E-state index contributed by atoms with van der Waals surface area (Å²) < 4.78 is 42.3. The first-order valence-electron chi connectivity index (χ1n) is 11.1. The number of halogens is 3. The van der Waals surface area contributed by atoms with E-state index in [0.29, 0.717) is 24.1 Å². The lowest BCUT2D eigenvalue weighted by Crippen LogP contribution is -2.48. The second-order valence-corrected chi connectivity index (χ2v) is 8.76. The van der Waals surface area contributed by atoms with E-state index in [1.54, 1.807) is 23.1 Å². The molecule has 5 nitrogen and oxygen atoms in total. The molecule has 0 radical (unpaired) electrons. The van der Waals surface area contributed by atoms with Crippen molar-refractivity contribution < 1.29 is 23.1 Å². The Morgan fingerprint density at radius 2 is 1.85 bits per heavy atom. The lowest BCUT2D eigenvalue weighted by atomic mass is 9.81. The number of aliphatic hydroxyl groups excluding tert-OH is 1. The molecule has 34 heavy (non-hydrogen) atoms. The lowest BCUT2D eigenvalue weighted by Gasteiger charge is -2.44. The predicted octanol–water partition coefficient (Wildman–Crippen LogP) is 5.18. The summed E-state index contributed by atoms with van der Waals surface area (Å²) in [5, 5.41) is 12.6. The van der Waals surface area contributed by atoms with Crippen molar-refractivity contribution in [2.24, 2.45) is 5.92 Å². The second kappa shape index (κ2) is 8.68. The van der Waals surface area contributed by atoms with Crippen LogP contribution in [0.3, 0.4) is 0 Å². The molecule has 0 aliphatic carbocycles. The van der Waals surface area contributed by atoms with Gasteiger partial charge < -0.3 is 20.2 Å². The molecule has 3 atom stereocenters. The number of aliphatic hydroxyl groups is 1. The number of rotatable bonds is 3. The number of nitrogens with one attached hydrogen (secondary N) is 1. The third-order valence-corrected chi connectivity index (χ3v) is 6.97. The number of carbonyl (C=O) groups excluding carboxylic acids is 1. The van der Waals surface area contributed by atoms with Crippen LogP contribution in [-0.2, 0) is 0 Å². The summed E-state index contributed by atoms with van der Waals surface area (Å²) in [6, 6.07) is 13.8. The normalized spacial score (nSPS) is 21.3. The summed E-state index contributed by atoms with van der Waals surface area (Å²) in [6.45, 7) is 0.284. The molecule has 2 N–H and O–H groups in total. The third kappa shape index (κ3) is 3.68. The minimum Gasteiger partial charge on any atom is -0.394 e. The largest absolute Gasteiger partial charge is 0.394 e. The van der Waals surface area contributed by atoms with E-state index in [-0.39, 0.29) is 30.1 Å². The monoisotopic (exact) mass is 467 g/mol. The fourth-order valence-electron chi connectivity index (χ4n) is 5.32. The van der Waals surface area contributed by atoms with Gasteiger partial charge in [-0.3, -0.25) is 0 Å². The molecule has 0 spiro atoms. The van der Waals surface area contributed by atoms with Crippen LogP contribution in [-0.4, -0.2) is 42.3 Å². The number of benzene rings is 3. The van der Waals surface area contributed by atoms with E-state index in [4.69, 9.17) is 0 Å². The summed E-state index contributed by atoms with van der Waals surface area (Å²) in [6.07, 6.45) is 0.628. The van der Waals surface area contributed by atoms with E-state index < -0.39 is 23.7 Å². The number of likely N-dealkylation sites (N-methyl/N-ethyl adjacent to an activating group) is 1. The van der Waals surface area contributed by atoms with Crippen molar-refractivity contribution in [3.8, 4) is 11.1 Å². The summed E-state index contributed by atoms with van der Waals surface area (Å²) >= 11 is 0. The number of anilines is 2. The SMILES string of the molecule is CN1c2ccc(-c3ccccc3F)cc2[C@H]2[C@H](CCN2C(=O)Nc2cc(F)ccc2F)[C@@H]1CO. The van der Waals surface area contributed by atoms with Gasteiger partial charge in [0.15, 0.2) is 0 Å². The Kier molecular flexibility index (Phi) is 5.69. The quantitative estimate of drug-likeness (QED) is 0.558. The minimum absolute atomic E-state index is 0.0820. The van der Waals surface area contributed by atoms with Crippen molar-refractivity contribution in [1.29, 1.82) is 0 Å². The van der Waals surface area contributed by atoms with Gasteiger partial charge in [0.1, 0.15) is 17.5 Å². The molecule has 2 aliphatic rings. The molecule has 5 rings (SSSR count). The van der Waals surface area contributed by atoms with E-state index >= 15 is 0 Å². The van der Waals surface area contributed by atoms with Gasteiger partial charge in [-0.2, -0.15) is 0 Å². The molecular weight excluding hydrogens is 443 g/mol. The molecule has 2 amide bonds. The highest BCUT2D eigenvalue weighted by atomic mass is 19.1. The summed E-state index contributed by atoms with van der Waals surface area (Å²) in [5.41, 5.74) is 2.54. The molecule has 0 unspecified atom stereocenters. The van der Waals surface area contributed by atoms with Crippen molar-refractivity contribution in [1.82, 2.24) is 4.90 Å². The average Bonchev–Trinajstić information content (AvgIpc) is 3.27. The molecule has 176 valence electrons. The van der Waals surface area contributed by atoms with E-state index in [1.165, 1.54) is 6.07 Å². The van der Waals surface area contributed by atoms with Crippen LogP contribution in [0, 0.1) is 23.4 Å². The predicted molar refractivity (Wildman–Crippen MR) is 124 cm³/mol. The average molecular weight is 467 g/mol. The van der Waals surface area contributed by atoms with Gasteiger partial charge in [-0.25, -0.2) is 18.0 Å². The standard InChI is InChI=1S/C26H24F3N3O2/c1-31-23-9-6-15(17-4-2-3-5-20(17)28)12-19(23)25-18(24(31)14-33)10-11-32(25)26(34)30-22-13-16(27)7-8-21(22)29/h2-9,12-13,18,24-25,33H,10-11,14H2,1H3,(H,30,34)/t18-,24+,25-/m1/s1. The molecule has 2 heterocycles. The van der Waals surface area contributed by atoms with Gasteiger partial charge in [0.05, 0.1) is 24.4 Å². The number of carbonyl (C=O) groups is 1. The van der Waals surface area contributed by atoms with E-state index in [9.17, 15) is 23.1 Å². The Labute approximate surface area is 195 Å². The molecule has 3 aromatic rings. The molecular formula is C26H24F3N3O2. The third-order valence-electron chi connectivity index (χ3n) is 6.97. The van der Waals surface area contributed by atoms with Gasteiger partial charge in [-0.05, 0) is 47.9 Å². The first-order chi connectivity index (χ1) is 16.4. The van der Waals surface area contributed by atoms with Gasteiger partial charge in [0.2, 0.25) is 0 Å². The maximum Gasteiger partial charge on any atom is 0.322 e. The van der Waals surface area contributed by atoms with Gasteiger partial charge in [-0.15, -0.1) is 0 Å². The van der Waals surface area contributed by atoms with Gasteiger partial charge in [0, 0.05) is 36.8 Å². The summed E-state index contributed by atoms with van der Waals surface area (Å²) in [7, 11) is 1.89. The van der Waals surface area contributed by atoms with Crippen LogP contribution in [0.5, 0.6) is 0 Å². The Hall–Kier alpha value is -3.52. The van der Waals surface area contributed by atoms with Crippen molar-refractivity contribution in [2.45, 2.75) is 18.5 Å². The van der Waals surface area contributed by atoms with Crippen LogP contribution in [0.25, 0.3) is 11.1 Å². The molecule has 3 aromatic carbocycles. The topological polar surface area (TPSA) is 55.8 Å². The molecule has 0 bridgehead atoms. The minimum atomic E-state index is -0.732. The fourth-order valence-corrected chi connectivity index (χ4v) is 5.32. The Morgan fingerprint density at radius 1 is 1.06 bits per heavy atom. The van der Waals surface area contributed by atoms with E-state index in [1.807, 2.05) is 30.1 Å². The lowest BCUT2D eigenvalue weighted by molar-refractivity contribution is 0.168. The fraction of sp³-hybridized carbons (Fsp3) is 0.269. The van der Waals surface area contributed by atoms with E-state index in [2.05, 4.69) is 5.32 Å². The number of urea groups is 1. The van der Waals surface area contributed by atoms with Crippen molar-refractivity contribution >= 4 is 17.4 Å². The first kappa shape index (κ1) is 22.3. The van der Waals surface area contributed by atoms with Crippen molar-refractivity contribution in [2.75, 3.05) is 30.4 Å². The number of hydrogen-bond donors (Lipinski definition) is 2. The molecule has 1 fully saturated rings. The highest BCUT2D eigenvalue weighted by Crippen LogP contribution is 2.49. The van der Waals surface area contributed by atoms with Crippen molar-refractivity contribution in [3.63, 3.8) is 0 Å². The van der Waals surface area contributed by atoms with Gasteiger partial charge in [-0.1, -0.05) is 24.3 Å².